The third kappa shape index (κ3) is 2.28. The molecule has 0 atom stereocenters. The number of rotatable bonds is 3. The van der Waals surface area contributed by atoms with Crippen LogP contribution in [0.1, 0.15) is 17.4 Å². The van der Waals surface area contributed by atoms with Crippen molar-refractivity contribution in [3.63, 3.8) is 0 Å². The van der Waals surface area contributed by atoms with E-state index in [-0.39, 0.29) is 18.0 Å². The van der Waals surface area contributed by atoms with Crippen LogP contribution >= 0.6 is 0 Å². The smallest absolute Gasteiger partial charge is 0.356 e. The molecule has 0 aliphatic carbocycles. The number of carbonyl (C=O) groups excluding carboxylic acids is 1. The fourth-order valence-corrected chi connectivity index (χ4v) is 1.49. The van der Waals surface area contributed by atoms with Gasteiger partial charge in [0.15, 0.2) is 0 Å². The molecule has 0 aliphatic rings. The Morgan fingerprint density at radius 2 is 2.06 bits per heavy atom. The molecule has 0 unspecified atom stereocenters. The second-order valence-electron chi connectivity index (χ2n) is 3.40. The van der Waals surface area contributed by atoms with E-state index in [0.717, 1.165) is 0 Å². The number of aromatic nitrogens is 2. The molecule has 1 N–H and O–H groups in total. The minimum absolute atomic E-state index is 0.153. The third-order valence-electron chi connectivity index (χ3n) is 2.25. The van der Waals surface area contributed by atoms with E-state index in [1.807, 2.05) is 18.2 Å². The SMILES string of the molecule is CCOC(=O)c1cn(-c2ccccc2)c(=O)[nH]1. The lowest BCUT2D eigenvalue weighted by atomic mass is 10.3. The Morgan fingerprint density at radius 3 is 2.71 bits per heavy atom. The normalized spacial score (nSPS) is 10.2. The molecule has 88 valence electrons. The van der Waals surface area contributed by atoms with E-state index in [1.54, 1.807) is 19.1 Å². The number of benzene rings is 1. The molecule has 5 nitrogen and oxygen atoms in total. The molecular weight excluding hydrogens is 220 g/mol. The van der Waals surface area contributed by atoms with Crippen LogP contribution in [0.2, 0.25) is 0 Å². The molecule has 0 radical (unpaired) electrons. The number of nitrogens with one attached hydrogen (secondary N) is 1. The first kappa shape index (κ1) is 11.2. The molecule has 0 aliphatic heterocycles. The molecule has 1 aromatic heterocycles. The molecule has 0 amide bonds. The first-order chi connectivity index (χ1) is 8.22. The minimum atomic E-state index is -0.528. The zero-order valence-electron chi connectivity index (χ0n) is 9.34. The molecule has 0 spiro atoms. The van der Waals surface area contributed by atoms with Crippen LogP contribution in [-0.2, 0) is 4.74 Å². The lowest BCUT2D eigenvalue weighted by molar-refractivity contribution is 0.0520. The number of esters is 1. The van der Waals surface area contributed by atoms with Gasteiger partial charge in [-0.1, -0.05) is 18.2 Å². The Hall–Kier alpha value is -2.30. The van der Waals surface area contributed by atoms with E-state index in [2.05, 4.69) is 4.98 Å². The van der Waals surface area contributed by atoms with Crippen molar-refractivity contribution in [2.24, 2.45) is 0 Å². The Morgan fingerprint density at radius 1 is 1.35 bits per heavy atom. The van der Waals surface area contributed by atoms with Gasteiger partial charge in [0.2, 0.25) is 0 Å². The summed E-state index contributed by atoms with van der Waals surface area (Å²) < 4.78 is 6.18. The van der Waals surface area contributed by atoms with Crippen molar-refractivity contribution in [2.75, 3.05) is 6.61 Å². The summed E-state index contributed by atoms with van der Waals surface area (Å²) in [6, 6.07) is 9.05. The van der Waals surface area contributed by atoms with Gasteiger partial charge in [-0.2, -0.15) is 0 Å². The third-order valence-corrected chi connectivity index (χ3v) is 2.25. The van der Waals surface area contributed by atoms with E-state index in [1.165, 1.54) is 10.8 Å². The van der Waals surface area contributed by atoms with E-state index in [0.29, 0.717) is 5.69 Å². The Kier molecular flexibility index (Phi) is 3.09. The van der Waals surface area contributed by atoms with Crippen molar-refractivity contribution >= 4 is 5.97 Å². The van der Waals surface area contributed by atoms with Crippen LogP contribution in [0.15, 0.2) is 41.3 Å². The molecular formula is C12H12N2O3. The molecule has 0 saturated carbocycles. The summed E-state index contributed by atoms with van der Waals surface area (Å²) in [5, 5.41) is 0. The zero-order chi connectivity index (χ0) is 12.3. The van der Waals surface area contributed by atoms with E-state index in [4.69, 9.17) is 4.74 Å². The van der Waals surface area contributed by atoms with E-state index < -0.39 is 5.97 Å². The van der Waals surface area contributed by atoms with Gasteiger partial charge in [-0.25, -0.2) is 9.59 Å². The van der Waals surface area contributed by atoms with Crippen LogP contribution in [-0.4, -0.2) is 22.1 Å². The largest absolute Gasteiger partial charge is 0.461 e. The molecule has 2 rings (SSSR count). The molecule has 1 aromatic carbocycles. The summed E-state index contributed by atoms with van der Waals surface area (Å²) in [5.41, 5.74) is 0.490. The molecule has 5 heteroatoms. The maximum atomic E-state index is 11.6. The average Bonchev–Trinajstić information content (AvgIpc) is 2.73. The van der Waals surface area contributed by atoms with Crippen molar-refractivity contribution in [2.45, 2.75) is 6.92 Å². The number of carbonyl (C=O) groups is 1. The van der Waals surface area contributed by atoms with Crippen LogP contribution in [0.25, 0.3) is 5.69 Å². The van der Waals surface area contributed by atoms with E-state index >= 15 is 0 Å². The van der Waals surface area contributed by atoms with Crippen molar-refractivity contribution < 1.29 is 9.53 Å². The van der Waals surface area contributed by atoms with Crippen LogP contribution in [0.3, 0.4) is 0 Å². The van der Waals surface area contributed by atoms with Crippen LogP contribution in [0.4, 0.5) is 0 Å². The highest BCUT2D eigenvalue weighted by molar-refractivity contribution is 5.87. The van der Waals surface area contributed by atoms with Gasteiger partial charge in [-0.05, 0) is 19.1 Å². The summed E-state index contributed by atoms with van der Waals surface area (Å²) >= 11 is 0. The van der Waals surface area contributed by atoms with Gasteiger partial charge in [0.25, 0.3) is 0 Å². The lowest BCUT2D eigenvalue weighted by Crippen LogP contribution is -2.14. The summed E-state index contributed by atoms with van der Waals surface area (Å²) in [6.07, 6.45) is 1.44. The molecule has 0 saturated heterocycles. The number of hydrogen-bond donors (Lipinski definition) is 1. The highest BCUT2D eigenvalue weighted by Crippen LogP contribution is 2.05. The zero-order valence-corrected chi connectivity index (χ0v) is 9.34. The first-order valence-corrected chi connectivity index (χ1v) is 5.26. The number of ether oxygens (including phenoxy) is 1. The summed E-state index contributed by atoms with van der Waals surface area (Å²) in [5.74, 6) is -0.528. The number of nitrogens with zero attached hydrogens (tertiary/aromatic N) is 1. The predicted octanol–water partition coefficient (Wildman–Crippen LogP) is 1.34. The van der Waals surface area contributed by atoms with Crippen LogP contribution in [0.5, 0.6) is 0 Å². The van der Waals surface area contributed by atoms with Crippen LogP contribution in [0, 0.1) is 0 Å². The van der Waals surface area contributed by atoms with Crippen molar-refractivity contribution in [1.82, 2.24) is 9.55 Å². The van der Waals surface area contributed by atoms with Crippen molar-refractivity contribution in [3.8, 4) is 5.69 Å². The maximum Gasteiger partial charge on any atom is 0.356 e. The highest BCUT2D eigenvalue weighted by atomic mass is 16.5. The minimum Gasteiger partial charge on any atom is -0.461 e. The number of imidazole rings is 1. The predicted molar refractivity (Wildman–Crippen MR) is 62.3 cm³/mol. The molecule has 2 aromatic rings. The summed E-state index contributed by atoms with van der Waals surface area (Å²) in [7, 11) is 0. The average molecular weight is 232 g/mol. The van der Waals surface area contributed by atoms with Gasteiger partial charge in [0.1, 0.15) is 5.69 Å². The summed E-state index contributed by atoms with van der Waals surface area (Å²) in [4.78, 5) is 25.5. The van der Waals surface area contributed by atoms with Gasteiger partial charge < -0.3 is 4.74 Å². The van der Waals surface area contributed by atoms with Crippen molar-refractivity contribution in [3.05, 3.63) is 52.7 Å². The number of para-hydroxylation sites is 1. The number of hydrogen-bond acceptors (Lipinski definition) is 3. The Balaban J connectivity index is 2.38. The van der Waals surface area contributed by atoms with Gasteiger partial charge in [-0.15, -0.1) is 0 Å². The quantitative estimate of drug-likeness (QED) is 0.812. The van der Waals surface area contributed by atoms with Gasteiger partial charge in [-0.3, -0.25) is 9.55 Å². The molecule has 0 bridgehead atoms. The van der Waals surface area contributed by atoms with Crippen LogP contribution < -0.4 is 5.69 Å². The standard InChI is InChI=1S/C12H12N2O3/c1-2-17-11(15)10-8-14(12(16)13-10)9-6-4-3-5-7-9/h3-8H,2H2,1H3,(H,13,16). The topological polar surface area (TPSA) is 64.1 Å². The van der Waals surface area contributed by atoms with E-state index in [9.17, 15) is 9.59 Å². The maximum absolute atomic E-state index is 11.6. The molecule has 17 heavy (non-hydrogen) atoms. The second-order valence-corrected chi connectivity index (χ2v) is 3.40. The first-order valence-electron chi connectivity index (χ1n) is 5.26. The second kappa shape index (κ2) is 4.69. The fourth-order valence-electron chi connectivity index (χ4n) is 1.49. The summed E-state index contributed by atoms with van der Waals surface area (Å²) in [6.45, 7) is 1.99. The van der Waals surface area contributed by atoms with Gasteiger partial charge in [0.05, 0.1) is 12.3 Å². The van der Waals surface area contributed by atoms with Crippen molar-refractivity contribution in [1.29, 1.82) is 0 Å². The van der Waals surface area contributed by atoms with Gasteiger partial charge in [0, 0.05) is 6.20 Å². The lowest BCUT2D eigenvalue weighted by Gasteiger charge is -1.99. The Bertz CT molecular complexity index is 569. The molecule has 0 fully saturated rings. The van der Waals surface area contributed by atoms with Gasteiger partial charge >= 0.3 is 11.7 Å². The highest BCUT2D eigenvalue weighted by Gasteiger charge is 2.12. The number of H-pyrrole nitrogens is 1. The Labute approximate surface area is 97.7 Å². The number of aromatic amines is 1. The molecule has 1 heterocycles. The monoisotopic (exact) mass is 232 g/mol. The fraction of sp³-hybridized carbons (Fsp3) is 0.167.